The van der Waals surface area contributed by atoms with Crippen LogP contribution in [0.25, 0.3) is 0 Å². The number of amides is 1. The van der Waals surface area contributed by atoms with Crippen molar-refractivity contribution < 1.29 is 9.21 Å². The van der Waals surface area contributed by atoms with Crippen LogP contribution in [0.1, 0.15) is 49.5 Å². The number of hydrogen-bond acceptors (Lipinski definition) is 4. The predicted molar refractivity (Wildman–Crippen MR) is 131 cm³/mol. The van der Waals surface area contributed by atoms with Crippen LogP contribution in [-0.4, -0.2) is 28.9 Å². The molecule has 5 rings (SSSR count). The molecule has 2 aromatic carbocycles. The number of nitrogens with zero attached hydrogens (tertiary/aromatic N) is 3. The van der Waals surface area contributed by atoms with Crippen molar-refractivity contribution in [2.45, 2.75) is 64.1 Å². The molecule has 1 atom stereocenters. The van der Waals surface area contributed by atoms with E-state index in [2.05, 4.69) is 36.1 Å². The van der Waals surface area contributed by atoms with E-state index < -0.39 is 6.04 Å². The Balaban J connectivity index is 1.54. The van der Waals surface area contributed by atoms with E-state index in [1.807, 2.05) is 47.4 Å². The smallest absolute Gasteiger partial charge is 0.259 e. The summed E-state index contributed by atoms with van der Waals surface area (Å²) in [5.74, 6) is 1.70. The van der Waals surface area contributed by atoms with E-state index in [0.717, 1.165) is 42.2 Å². The average Bonchev–Trinajstić information content (AvgIpc) is 3.61. The summed E-state index contributed by atoms with van der Waals surface area (Å²) in [4.78, 5) is 23.1. The molecule has 2 heterocycles. The molecule has 2 aliphatic rings. The zero-order valence-electron chi connectivity index (χ0n) is 19.2. The molecule has 1 fully saturated rings. The highest BCUT2D eigenvalue weighted by Crippen LogP contribution is 2.32. The van der Waals surface area contributed by atoms with Crippen LogP contribution >= 0.6 is 0 Å². The van der Waals surface area contributed by atoms with E-state index in [1.54, 1.807) is 6.26 Å². The second kappa shape index (κ2) is 9.65. The number of aryl methyl sites for hydroxylation is 1. The zero-order chi connectivity index (χ0) is 22.6. The van der Waals surface area contributed by atoms with Crippen LogP contribution < -0.4 is 4.90 Å². The second-order valence-corrected chi connectivity index (χ2v) is 8.98. The Labute approximate surface area is 195 Å². The van der Waals surface area contributed by atoms with Gasteiger partial charge in [-0.3, -0.25) is 4.79 Å². The number of carbonyl (C=O) groups excluding carboxylic acids is 1. The van der Waals surface area contributed by atoms with Gasteiger partial charge in [-0.1, -0.05) is 62.2 Å². The van der Waals surface area contributed by atoms with Crippen molar-refractivity contribution in [1.82, 2.24) is 4.90 Å². The van der Waals surface area contributed by atoms with Crippen molar-refractivity contribution in [3.63, 3.8) is 0 Å². The van der Waals surface area contributed by atoms with Crippen LogP contribution in [0.4, 0.5) is 5.69 Å². The Morgan fingerprint density at radius 2 is 1.79 bits per heavy atom. The van der Waals surface area contributed by atoms with Gasteiger partial charge in [0.25, 0.3) is 5.91 Å². The van der Waals surface area contributed by atoms with Gasteiger partial charge in [0.1, 0.15) is 11.8 Å². The van der Waals surface area contributed by atoms with Crippen LogP contribution in [0.5, 0.6) is 0 Å². The Kier molecular flexibility index (Phi) is 6.29. The first-order valence-corrected chi connectivity index (χ1v) is 12.1. The molecule has 170 valence electrons. The maximum Gasteiger partial charge on any atom is 0.259 e. The molecule has 1 aliphatic carbocycles. The zero-order valence-corrected chi connectivity index (χ0v) is 19.2. The fourth-order valence-corrected chi connectivity index (χ4v) is 4.98. The first kappa shape index (κ1) is 21.5. The topological polar surface area (TPSA) is 49.1 Å². The standard InChI is InChI=1S/C28H31N3O2/c1-2-21-12-8-15-24(18-21)31-27(32)26(19-22-10-4-3-5-11-22)29-28(31)30(23-13-6-7-14-23)20-25-16-9-17-33-25/h3-5,8-12,15-18,23,26H,2,6-7,13-14,19-20H2,1H3. The SMILES string of the molecule is CCc1cccc(N2C(=O)C(Cc3ccccc3)N=C2N(Cc2ccco2)C2CCCC2)c1. The van der Waals surface area contributed by atoms with Crippen LogP contribution in [0.2, 0.25) is 0 Å². The summed E-state index contributed by atoms with van der Waals surface area (Å²) in [5, 5.41) is 0. The molecule has 0 bridgehead atoms. The van der Waals surface area contributed by atoms with Gasteiger partial charge in [-0.05, 0) is 54.7 Å². The van der Waals surface area contributed by atoms with Crippen LogP contribution in [0.15, 0.2) is 82.4 Å². The number of anilines is 1. The Bertz CT molecular complexity index is 1100. The Morgan fingerprint density at radius 3 is 2.52 bits per heavy atom. The van der Waals surface area contributed by atoms with Crippen LogP contribution in [0.3, 0.4) is 0 Å². The van der Waals surface area contributed by atoms with Gasteiger partial charge in [0.2, 0.25) is 5.96 Å². The van der Waals surface area contributed by atoms with Crippen LogP contribution in [0, 0.1) is 0 Å². The predicted octanol–water partition coefficient (Wildman–Crippen LogP) is 5.60. The van der Waals surface area contributed by atoms with Gasteiger partial charge in [-0.25, -0.2) is 9.89 Å². The summed E-state index contributed by atoms with van der Waals surface area (Å²) in [7, 11) is 0. The van der Waals surface area contributed by atoms with Gasteiger partial charge in [-0.2, -0.15) is 0 Å². The van der Waals surface area contributed by atoms with Gasteiger partial charge in [0.05, 0.1) is 18.5 Å². The highest BCUT2D eigenvalue weighted by molar-refractivity contribution is 6.22. The fourth-order valence-electron chi connectivity index (χ4n) is 4.98. The minimum atomic E-state index is -0.423. The summed E-state index contributed by atoms with van der Waals surface area (Å²) in [6.07, 6.45) is 7.88. The average molecular weight is 442 g/mol. The molecule has 33 heavy (non-hydrogen) atoms. The minimum Gasteiger partial charge on any atom is -0.467 e. The quantitative estimate of drug-likeness (QED) is 0.479. The summed E-state index contributed by atoms with van der Waals surface area (Å²) in [6.45, 7) is 2.76. The molecule has 1 aromatic heterocycles. The first-order valence-electron chi connectivity index (χ1n) is 12.1. The van der Waals surface area contributed by atoms with E-state index in [0.29, 0.717) is 19.0 Å². The maximum atomic E-state index is 13.8. The van der Waals surface area contributed by atoms with Gasteiger partial charge in [0, 0.05) is 12.5 Å². The highest BCUT2D eigenvalue weighted by Gasteiger charge is 2.41. The molecule has 1 amide bonds. The van der Waals surface area contributed by atoms with Crippen LogP contribution in [-0.2, 0) is 24.2 Å². The lowest BCUT2D eigenvalue weighted by Crippen LogP contribution is -2.48. The normalized spacial score (nSPS) is 18.7. The van der Waals surface area contributed by atoms with Crippen molar-refractivity contribution in [2.24, 2.45) is 4.99 Å². The van der Waals surface area contributed by atoms with E-state index in [4.69, 9.17) is 9.41 Å². The third-order valence-electron chi connectivity index (χ3n) is 6.75. The summed E-state index contributed by atoms with van der Waals surface area (Å²) in [5.41, 5.74) is 3.24. The number of furan rings is 1. The van der Waals surface area contributed by atoms with Gasteiger partial charge in [-0.15, -0.1) is 0 Å². The molecule has 1 saturated carbocycles. The number of carbonyl (C=O) groups is 1. The van der Waals surface area contributed by atoms with Gasteiger partial charge in [0.15, 0.2) is 0 Å². The molecule has 0 saturated heterocycles. The van der Waals surface area contributed by atoms with Crippen molar-refractivity contribution in [3.05, 3.63) is 89.9 Å². The van der Waals surface area contributed by atoms with Crippen molar-refractivity contribution in [2.75, 3.05) is 4.90 Å². The summed E-state index contributed by atoms with van der Waals surface area (Å²) < 4.78 is 5.71. The molecule has 0 N–H and O–H groups in total. The first-order chi connectivity index (χ1) is 16.2. The van der Waals surface area contributed by atoms with Crippen molar-refractivity contribution >= 4 is 17.6 Å². The summed E-state index contributed by atoms with van der Waals surface area (Å²) in [6, 6.07) is 22.3. The monoisotopic (exact) mass is 441 g/mol. The highest BCUT2D eigenvalue weighted by atomic mass is 16.3. The van der Waals surface area contributed by atoms with Crippen molar-refractivity contribution in [1.29, 1.82) is 0 Å². The summed E-state index contributed by atoms with van der Waals surface area (Å²) >= 11 is 0. The third kappa shape index (κ3) is 4.58. The number of rotatable bonds is 7. The van der Waals surface area contributed by atoms with Gasteiger partial charge >= 0.3 is 0 Å². The Morgan fingerprint density at radius 1 is 1.00 bits per heavy atom. The van der Waals surface area contributed by atoms with Gasteiger partial charge < -0.3 is 9.32 Å². The third-order valence-corrected chi connectivity index (χ3v) is 6.75. The lowest BCUT2D eigenvalue weighted by atomic mass is 10.1. The molecule has 5 nitrogen and oxygen atoms in total. The lowest BCUT2D eigenvalue weighted by Gasteiger charge is -2.34. The molecular weight excluding hydrogens is 410 g/mol. The fraction of sp³-hybridized carbons (Fsp3) is 0.357. The molecule has 0 radical (unpaired) electrons. The lowest BCUT2D eigenvalue weighted by molar-refractivity contribution is -0.118. The number of aliphatic imine (C=N–C) groups is 1. The molecular formula is C28H31N3O2. The molecule has 0 spiro atoms. The molecule has 1 aliphatic heterocycles. The minimum absolute atomic E-state index is 0.0459. The molecule has 3 aromatic rings. The largest absolute Gasteiger partial charge is 0.467 e. The second-order valence-electron chi connectivity index (χ2n) is 8.98. The van der Waals surface area contributed by atoms with Crippen molar-refractivity contribution in [3.8, 4) is 0 Å². The molecule has 5 heteroatoms. The van der Waals surface area contributed by atoms with E-state index in [1.165, 1.54) is 18.4 Å². The number of hydrogen-bond donors (Lipinski definition) is 0. The van der Waals surface area contributed by atoms with E-state index in [-0.39, 0.29) is 5.91 Å². The maximum absolute atomic E-state index is 13.8. The number of guanidine groups is 1. The van der Waals surface area contributed by atoms with E-state index >= 15 is 0 Å². The number of benzene rings is 2. The Hall–Kier alpha value is -3.34. The van der Waals surface area contributed by atoms with E-state index in [9.17, 15) is 4.79 Å². The molecule has 1 unspecified atom stereocenters.